The molecular formula is C10H10BrFN2O4. The quantitative estimate of drug-likeness (QED) is 0.642. The molecule has 0 spiro atoms. The number of nitrogens with one attached hydrogen (secondary N) is 1. The van der Waals surface area contributed by atoms with Crippen LogP contribution in [0.5, 0.6) is 0 Å². The minimum Gasteiger partial charge on any atom is -0.481 e. The lowest BCUT2D eigenvalue weighted by Crippen LogP contribution is -2.20. The van der Waals surface area contributed by atoms with Crippen LogP contribution >= 0.6 is 15.9 Å². The van der Waals surface area contributed by atoms with Crippen molar-refractivity contribution >= 4 is 33.3 Å². The van der Waals surface area contributed by atoms with E-state index in [1.807, 2.05) is 0 Å². The second kappa shape index (κ2) is 5.76. The first-order chi connectivity index (χ1) is 8.31. The zero-order valence-electron chi connectivity index (χ0n) is 9.31. The maximum absolute atomic E-state index is 13.1. The molecule has 98 valence electrons. The fraction of sp³-hybridized carbons (Fsp3) is 0.300. The van der Waals surface area contributed by atoms with Gasteiger partial charge in [-0.25, -0.2) is 4.39 Å². The molecule has 1 unspecified atom stereocenters. The Hall–Kier alpha value is -1.70. The molecule has 0 aliphatic heterocycles. The Bertz CT molecular complexity index is 495. The molecule has 0 fully saturated rings. The molecule has 0 aliphatic rings. The van der Waals surface area contributed by atoms with Crippen LogP contribution < -0.4 is 5.32 Å². The average Bonchev–Trinajstić information content (AvgIpc) is 2.20. The topological polar surface area (TPSA) is 92.5 Å². The molecule has 1 rings (SSSR count). The zero-order valence-corrected chi connectivity index (χ0v) is 10.9. The smallest absolute Gasteiger partial charge is 0.305 e. The van der Waals surface area contributed by atoms with Gasteiger partial charge < -0.3 is 10.4 Å². The highest BCUT2D eigenvalue weighted by Crippen LogP contribution is 2.34. The van der Waals surface area contributed by atoms with Gasteiger partial charge in [0.25, 0.3) is 5.69 Å². The number of carboxylic acid groups (broad SMARTS) is 1. The van der Waals surface area contributed by atoms with E-state index in [4.69, 9.17) is 5.11 Å². The van der Waals surface area contributed by atoms with Gasteiger partial charge in [-0.1, -0.05) is 0 Å². The monoisotopic (exact) mass is 320 g/mol. The van der Waals surface area contributed by atoms with Gasteiger partial charge in [-0.2, -0.15) is 0 Å². The summed E-state index contributed by atoms with van der Waals surface area (Å²) >= 11 is 3.01. The van der Waals surface area contributed by atoms with Crippen LogP contribution in [-0.4, -0.2) is 22.0 Å². The van der Waals surface area contributed by atoms with Crippen LogP contribution in [0.15, 0.2) is 16.6 Å². The Labute approximate surface area is 110 Å². The molecule has 1 atom stereocenters. The minimum atomic E-state index is -1.03. The summed E-state index contributed by atoms with van der Waals surface area (Å²) < 4.78 is 13.2. The van der Waals surface area contributed by atoms with E-state index in [1.165, 1.54) is 0 Å². The molecule has 2 N–H and O–H groups in total. The van der Waals surface area contributed by atoms with Crippen molar-refractivity contribution in [1.82, 2.24) is 0 Å². The highest BCUT2D eigenvalue weighted by Gasteiger charge is 2.21. The second-order valence-corrected chi connectivity index (χ2v) is 4.54. The second-order valence-electron chi connectivity index (χ2n) is 3.68. The van der Waals surface area contributed by atoms with E-state index in [9.17, 15) is 19.3 Å². The van der Waals surface area contributed by atoms with E-state index in [2.05, 4.69) is 21.2 Å². The highest BCUT2D eigenvalue weighted by molar-refractivity contribution is 9.10. The van der Waals surface area contributed by atoms with E-state index in [0.717, 1.165) is 12.1 Å². The summed E-state index contributed by atoms with van der Waals surface area (Å²) in [5.41, 5.74) is -0.380. The van der Waals surface area contributed by atoms with Crippen molar-refractivity contribution in [3.63, 3.8) is 0 Å². The molecule has 0 heterocycles. The number of nitrogens with zero attached hydrogens (tertiary/aromatic N) is 1. The van der Waals surface area contributed by atoms with Gasteiger partial charge in [0.1, 0.15) is 11.5 Å². The maximum Gasteiger partial charge on any atom is 0.305 e. The first-order valence-corrected chi connectivity index (χ1v) is 5.72. The van der Waals surface area contributed by atoms with Crippen molar-refractivity contribution in [2.75, 3.05) is 5.32 Å². The lowest BCUT2D eigenvalue weighted by Gasteiger charge is -2.14. The van der Waals surface area contributed by atoms with Crippen molar-refractivity contribution < 1.29 is 19.2 Å². The molecule has 8 heteroatoms. The van der Waals surface area contributed by atoms with Gasteiger partial charge in [0.05, 0.1) is 21.9 Å². The standard InChI is InChI=1S/C10H10BrFN2O4/c1-5(2-9(15)16)13-10-7(11)3-6(12)4-8(10)14(17)18/h3-5,13H,2H2,1H3,(H,15,16). The van der Waals surface area contributed by atoms with Crippen LogP contribution in [0.1, 0.15) is 13.3 Å². The van der Waals surface area contributed by atoms with Crippen LogP contribution in [-0.2, 0) is 4.79 Å². The van der Waals surface area contributed by atoms with E-state index < -0.39 is 28.4 Å². The molecule has 6 nitrogen and oxygen atoms in total. The third-order valence-corrected chi connectivity index (χ3v) is 2.73. The van der Waals surface area contributed by atoms with Gasteiger partial charge in [-0.15, -0.1) is 0 Å². The number of rotatable bonds is 5. The molecule has 0 aromatic heterocycles. The molecule has 0 bridgehead atoms. The molecule has 1 aromatic rings. The Morgan fingerprint density at radius 3 is 2.78 bits per heavy atom. The number of carboxylic acids is 1. The van der Waals surface area contributed by atoms with Crippen LogP contribution in [0.4, 0.5) is 15.8 Å². The molecule has 0 aliphatic carbocycles. The third kappa shape index (κ3) is 3.66. The van der Waals surface area contributed by atoms with Crippen molar-refractivity contribution in [1.29, 1.82) is 0 Å². The van der Waals surface area contributed by atoms with Crippen molar-refractivity contribution in [2.45, 2.75) is 19.4 Å². The van der Waals surface area contributed by atoms with Crippen LogP contribution in [0.2, 0.25) is 0 Å². The van der Waals surface area contributed by atoms with Gasteiger partial charge in [0, 0.05) is 6.04 Å². The fourth-order valence-electron chi connectivity index (χ4n) is 1.41. The summed E-state index contributed by atoms with van der Waals surface area (Å²) in [6.07, 6.45) is -0.207. The van der Waals surface area contributed by atoms with Gasteiger partial charge in [0.2, 0.25) is 0 Å². The molecule has 0 saturated carbocycles. The maximum atomic E-state index is 13.1. The Balaban J connectivity index is 3.07. The summed E-state index contributed by atoms with van der Waals surface area (Å²) in [6, 6.07) is 1.33. The Morgan fingerprint density at radius 2 is 2.28 bits per heavy atom. The number of nitro benzene ring substituents is 1. The molecule has 1 aromatic carbocycles. The largest absolute Gasteiger partial charge is 0.481 e. The van der Waals surface area contributed by atoms with E-state index >= 15 is 0 Å². The number of hydrogen-bond donors (Lipinski definition) is 2. The van der Waals surface area contributed by atoms with Gasteiger partial charge in [-0.05, 0) is 28.9 Å². The Kier molecular flexibility index (Phi) is 4.60. The predicted molar refractivity (Wildman–Crippen MR) is 66.1 cm³/mol. The van der Waals surface area contributed by atoms with Crippen LogP contribution in [0.25, 0.3) is 0 Å². The summed E-state index contributed by atoms with van der Waals surface area (Å²) in [5.74, 6) is -1.78. The van der Waals surface area contributed by atoms with E-state index in [-0.39, 0.29) is 16.6 Å². The van der Waals surface area contributed by atoms with Crippen molar-refractivity contribution in [3.8, 4) is 0 Å². The number of anilines is 1. The SMILES string of the molecule is CC(CC(=O)O)Nc1c(Br)cc(F)cc1[N+](=O)[O-]. The minimum absolute atomic E-state index is 0.0650. The lowest BCUT2D eigenvalue weighted by atomic mass is 10.2. The summed E-state index contributed by atoms with van der Waals surface area (Å²) in [5, 5.41) is 22.1. The number of aliphatic carboxylic acids is 1. The predicted octanol–water partition coefficient (Wildman–Crippen LogP) is 2.77. The Morgan fingerprint density at radius 1 is 1.67 bits per heavy atom. The van der Waals surface area contributed by atoms with Crippen LogP contribution in [0, 0.1) is 15.9 Å². The van der Waals surface area contributed by atoms with Crippen molar-refractivity contribution in [3.05, 3.63) is 32.5 Å². The molecule has 0 saturated heterocycles. The highest BCUT2D eigenvalue weighted by atomic mass is 79.9. The molecular weight excluding hydrogens is 311 g/mol. The number of carbonyl (C=O) groups is 1. The van der Waals surface area contributed by atoms with Gasteiger partial charge in [0.15, 0.2) is 0 Å². The number of hydrogen-bond acceptors (Lipinski definition) is 4. The molecule has 18 heavy (non-hydrogen) atoms. The first kappa shape index (κ1) is 14.4. The number of benzene rings is 1. The number of halogens is 2. The normalized spacial score (nSPS) is 11.9. The molecule has 0 radical (unpaired) electrons. The third-order valence-electron chi connectivity index (χ3n) is 2.10. The van der Waals surface area contributed by atoms with Gasteiger partial charge >= 0.3 is 5.97 Å². The first-order valence-electron chi connectivity index (χ1n) is 4.93. The summed E-state index contributed by atoms with van der Waals surface area (Å²) in [4.78, 5) is 20.6. The fourth-order valence-corrected chi connectivity index (χ4v) is 1.94. The van der Waals surface area contributed by atoms with Gasteiger partial charge in [-0.3, -0.25) is 14.9 Å². The van der Waals surface area contributed by atoms with E-state index in [0.29, 0.717) is 0 Å². The van der Waals surface area contributed by atoms with Crippen molar-refractivity contribution in [2.24, 2.45) is 0 Å². The molecule has 0 amide bonds. The zero-order chi connectivity index (χ0) is 13.9. The summed E-state index contributed by atoms with van der Waals surface area (Å²) in [7, 11) is 0. The lowest BCUT2D eigenvalue weighted by molar-refractivity contribution is -0.384. The van der Waals surface area contributed by atoms with E-state index in [1.54, 1.807) is 6.92 Å². The summed E-state index contributed by atoms with van der Waals surface area (Å²) in [6.45, 7) is 1.56. The van der Waals surface area contributed by atoms with Crippen LogP contribution in [0.3, 0.4) is 0 Å². The number of nitro groups is 1. The average molecular weight is 321 g/mol.